The molecule has 2 aromatic rings. The van der Waals surface area contributed by atoms with Crippen LogP contribution in [0.3, 0.4) is 0 Å². The maximum absolute atomic E-state index is 10.7. The van der Waals surface area contributed by atoms with Crippen molar-refractivity contribution in [2.45, 2.75) is 33.4 Å². The highest BCUT2D eigenvalue weighted by atomic mass is 127. The molecule has 8 heteroatoms. The van der Waals surface area contributed by atoms with Gasteiger partial charge in [0.1, 0.15) is 0 Å². The highest BCUT2D eigenvalue weighted by Crippen LogP contribution is 2.16. The average molecular weight is 474 g/mol. The Labute approximate surface area is 168 Å². The third kappa shape index (κ3) is 6.99. The number of guanidine groups is 1. The van der Waals surface area contributed by atoms with Gasteiger partial charge in [0.05, 0.1) is 18.0 Å². The second kappa shape index (κ2) is 11.0. The van der Waals surface area contributed by atoms with E-state index in [1.807, 2.05) is 6.92 Å². The summed E-state index contributed by atoms with van der Waals surface area (Å²) in [4.78, 5) is 17.4. The van der Waals surface area contributed by atoms with Gasteiger partial charge in [-0.3, -0.25) is 10.1 Å². The van der Waals surface area contributed by atoms with Gasteiger partial charge in [0, 0.05) is 28.4 Å². The summed E-state index contributed by atoms with van der Waals surface area (Å²) in [5, 5.41) is 17.2. The van der Waals surface area contributed by atoms with Gasteiger partial charge in [-0.05, 0) is 31.0 Å². The number of thiophene rings is 1. The van der Waals surface area contributed by atoms with Crippen molar-refractivity contribution in [2.24, 2.45) is 4.99 Å². The predicted octanol–water partition coefficient (Wildman–Crippen LogP) is 4.09. The number of halogens is 1. The quantitative estimate of drug-likeness (QED) is 0.208. The van der Waals surface area contributed by atoms with E-state index in [0.29, 0.717) is 6.54 Å². The van der Waals surface area contributed by atoms with Crippen LogP contribution in [0.4, 0.5) is 5.69 Å². The molecule has 2 rings (SSSR count). The summed E-state index contributed by atoms with van der Waals surface area (Å²) < 4.78 is 0. The van der Waals surface area contributed by atoms with Gasteiger partial charge in [-0.2, -0.15) is 0 Å². The second-order valence-electron chi connectivity index (χ2n) is 5.19. The fraction of sp³-hybridized carbons (Fsp3) is 0.353. The average Bonchev–Trinajstić information content (AvgIpc) is 3.06. The van der Waals surface area contributed by atoms with Crippen molar-refractivity contribution in [1.29, 1.82) is 0 Å². The molecule has 6 nitrogen and oxygen atoms in total. The molecule has 0 unspecified atom stereocenters. The molecular weight excluding hydrogens is 451 g/mol. The first-order chi connectivity index (χ1) is 11.6. The summed E-state index contributed by atoms with van der Waals surface area (Å²) in [5.74, 6) is 0.738. The lowest BCUT2D eigenvalue weighted by Gasteiger charge is -2.10. The molecule has 1 aromatic carbocycles. The van der Waals surface area contributed by atoms with E-state index < -0.39 is 4.92 Å². The van der Waals surface area contributed by atoms with E-state index in [9.17, 15) is 10.1 Å². The zero-order chi connectivity index (χ0) is 17.4. The molecule has 0 radical (unpaired) electrons. The number of benzene rings is 1. The zero-order valence-electron chi connectivity index (χ0n) is 14.3. The van der Waals surface area contributed by atoms with Crippen LogP contribution in [0.5, 0.6) is 0 Å². The molecule has 0 amide bonds. The van der Waals surface area contributed by atoms with Gasteiger partial charge < -0.3 is 10.6 Å². The maximum Gasteiger partial charge on any atom is 0.269 e. The van der Waals surface area contributed by atoms with Gasteiger partial charge >= 0.3 is 0 Å². The lowest BCUT2D eigenvalue weighted by molar-refractivity contribution is -0.384. The van der Waals surface area contributed by atoms with Crippen LogP contribution in [-0.2, 0) is 19.5 Å². The van der Waals surface area contributed by atoms with E-state index in [4.69, 9.17) is 0 Å². The van der Waals surface area contributed by atoms with Crippen molar-refractivity contribution < 1.29 is 4.92 Å². The van der Waals surface area contributed by atoms with Gasteiger partial charge in [-0.25, -0.2) is 4.99 Å². The van der Waals surface area contributed by atoms with Crippen LogP contribution in [0.2, 0.25) is 0 Å². The van der Waals surface area contributed by atoms with Crippen molar-refractivity contribution in [3.8, 4) is 0 Å². The Morgan fingerprint density at radius 3 is 2.36 bits per heavy atom. The molecule has 0 atom stereocenters. The number of nitro groups is 1. The molecule has 0 bridgehead atoms. The molecular formula is C17H23IN4O2S. The number of nitrogens with zero attached hydrogens (tertiary/aromatic N) is 2. The number of non-ortho nitro benzene ring substituents is 1. The number of nitro benzene ring substituents is 1. The molecule has 25 heavy (non-hydrogen) atoms. The van der Waals surface area contributed by atoms with Gasteiger partial charge in [-0.1, -0.05) is 19.1 Å². The number of nitrogens with one attached hydrogen (secondary N) is 2. The van der Waals surface area contributed by atoms with Crippen LogP contribution in [0.15, 0.2) is 41.4 Å². The van der Waals surface area contributed by atoms with Crippen molar-refractivity contribution in [3.63, 3.8) is 0 Å². The molecule has 0 aliphatic heterocycles. The number of hydrogen-bond donors (Lipinski definition) is 2. The molecule has 1 aromatic heterocycles. The first kappa shape index (κ1) is 21.4. The van der Waals surface area contributed by atoms with Gasteiger partial charge in [0.15, 0.2) is 5.96 Å². The van der Waals surface area contributed by atoms with Crippen LogP contribution < -0.4 is 10.6 Å². The molecule has 0 saturated heterocycles. The Morgan fingerprint density at radius 1 is 1.12 bits per heavy atom. The monoisotopic (exact) mass is 474 g/mol. The number of rotatable bonds is 7. The van der Waals surface area contributed by atoms with Gasteiger partial charge in [0.2, 0.25) is 0 Å². The minimum atomic E-state index is -0.399. The van der Waals surface area contributed by atoms with Crippen LogP contribution in [0.1, 0.15) is 29.2 Å². The number of hydrogen-bond acceptors (Lipinski definition) is 4. The summed E-state index contributed by atoms with van der Waals surface area (Å²) in [6.07, 6.45) is 1.05. The first-order valence-electron chi connectivity index (χ1n) is 7.95. The fourth-order valence-electron chi connectivity index (χ4n) is 2.11. The van der Waals surface area contributed by atoms with Crippen LogP contribution in [0.25, 0.3) is 0 Å². The van der Waals surface area contributed by atoms with Crippen LogP contribution in [-0.4, -0.2) is 17.4 Å². The predicted molar refractivity (Wildman–Crippen MR) is 114 cm³/mol. The Balaban J connectivity index is 0.00000312. The van der Waals surface area contributed by atoms with Crippen LogP contribution in [0, 0.1) is 10.1 Å². The largest absolute Gasteiger partial charge is 0.357 e. The summed E-state index contributed by atoms with van der Waals surface area (Å²) in [6.45, 7) is 6.15. The first-order valence-corrected chi connectivity index (χ1v) is 8.77. The Morgan fingerprint density at radius 2 is 1.80 bits per heavy atom. The molecule has 136 valence electrons. The summed E-state index contributed by atoms with van der Waals surface area (Å²) in [7, 11) is 0. The number of aliphatic imine (C=N–C) groups is 1. The summed E-state index contributed by atoms with van der Waals surface area (Å²) in [5.41, 5.74) is 1.03. The van der Waals surface area contributed by atoms with E-state index in [0.717, 1.165) is 31.0 Å². The topological polar surface area (TPSA) is 79.6 Å². The third-order valence-corrected chi connectivity index (χ3v) is 4.64. The lowest BCUT2D eigenvalue weighted by Crippen LogP contribution is -2.36. The normalized spacial score (nSPS) is 10.9. The van der Waals surface area contributed by atoms with Crippen molar-refractivity contribution in [3.05, 3.63) is 61.8 Å². The molecule has 0 aliphatic carbocycles. The lowest BCUT2D eigenvalue weighted by atomic mass is 10.2. The highest BCUT2D eigenvalue weighted by Gasteiger charge is 2.04. The fourth-order valence-corrected chi connectivity index (χ4v) is 3.01. The molecule has 0 fully saturated rings. The zero-order valence-corrected chi connectivity index (χ0v) is 17.5. The standard InChI is InChI=1S/C17H22N4O2S.HI/c1-3-15-9-10-16(24-15)12-20-17(18-4-2)19-11-13-5-7-14(8-6-13)21(22)23;/h5-10H,3-4,11-12H2,1-2H3,(H2,18,19,20);1H. The summed E-state index contributed by atoms with van der Waals surface area (Å²) in [6, 6.07) is 10.8. The van der Waals surface area contributed by atoms with E-state index in [2.05, 4.69) is 34.7 Å². The third-order valence-electron chi connectivity index (χ3n) is 3.41. The van der Waals surface area contributed by atoms with Crippen molar-refractivity contribution >= 4 is 47.0 Å². The Hall–Kier alpha value is -1.68. The van der Waals surface area contributed by atoms with E-state index in [-0.39, 0.29) is 29.7 Å². The van der Waals surface area contributed by atoms with E-state index in [1.165, 1.54) is 21.9 Å². The van der Waals surface area contributed by atoms with Crippen LogP contribution >= 0.6 is 35.3 Å². The molecule has 0 spiro atoms. The number of aryl methyl sites for hydroxylation is 1. The van der Waals surface area contributed by atoms with E-state index in [1.54, 1.807) is 23.5 Å². The highest BCUT2D eigenvalue weighted by molar-refractivity contribution is 14.0. The van der Waals surface area contributed by atoms with Crippen molar-refractivity contribution in [2.75, 3.05) is 6.54 Å². The smallest absolute Gasteiger partial charge is 0.269 e. The molecule has 2 N–H and O–H groups in total. The maximum atomic E-state index is 10.7. The SMILES string of the molecule is CCNC(=NCc1ccc([N+](=O)[O-])cc1)NCc1ccc(CC)s1.I. The minimum Gasteiger partial charge on any atom is -0.357 e. The molecule has 1 heterocycles. The minimum absolute atomic E-state index is 0. The van der Waals surface area contributed by atoms with Gasteiger partial charge in [0.25, 0.3) is 5.69 Å². The summed E-state index contributed by atoms with van der Waals surface area (Å²) >= 11 is 1.80. The molecule has 0 saturated carbocycles. The molecule has 0 aliphatic rings. The Bertz CT molecular complexity index is 701. The second-order valence-corrected chi connectivity index (χ2v) is 6.45. The Kier molecular flexibility index (Phi) is 9.43. The van der Waals surface area contributed by atoms with E-state index >= 15 is 0 Å². The van der Waals surface area contributed by atoms with Crippen molar-refractivity contribution in [1.82, 2.24) is 10.6 Å². The van der Waals surface area contributed by atoms with Gasteiger partial charge in [-0.15, -0.1) is 35.3 Å².